The monoisotopic (exact) mass is 378 g/mol. The molecule has 0 aliphatic carbocycles. The summed E-state index contributed by atoms with van der Waals surface area (Å²) in [5.74, 6) is 0.665. The molecule has 0 spiro atoms. The quantitative estimate of drug-likeness (QED) is 0.646. The highest BCUT2D eigenvalue weighted by molar-refractivity contribution is 6.32. The second-order valence-corrected chi connectivity index (χ2v) is 6.88. The van der Waals surface area contributed by atoms with E-state index in [0.29, 0.717) is 23.0 Å². The Kier molecular flexibility index (Phi) is 4.85. The molecular weight excluding hydrogens is 360 g/mol. The molecule has 3 aromatic rings. The summed E-state index contributed by atoms with van der Waals surface area (Å²) >= 11 is 6.26. The van der Waals surface area contributed by atoms with Crippen molar-refractivity contribution < 1.29 is 4.74 Å². The SMILES string of the molecule is [C-]#[N+]c1ccc2nc3c(c(NCc4ccc(OC)c(Cl)c4)c2c1)CNCC3. The van der Waals surface area contributed by atoms with Gasteiger partial charge in [0.05, 0.1) is 24.2 Å². The predicted molar refractivity (Wildman–Crippen MR) is 109 cm³/mol. The van der Waals surface area contributed by atoms with Crippen LogP contribution in [0, 0.1) is 6.57 Å². The Labute approximate surface area is 163 Å². The number of rotatable bonds is 4. The van der Waals surface area contributed by atoms with Gasteiger partial charge >= 0.3 is 0 Å². The van der Waals surface area contributed by atoms with Crippen molar-refractivity contribution in [3.05, 3.63) is 69.7 Å². The Hall–Kier alpha value is -2.81. The number of ether oxygens (including phenoxy) is 1. The molecule has 0 atom stereocenters. The van der Waals surface area contributed by atoms with Crippen LogP contribution in [0.1, 0.15) is 16.8 Å². The molecule has 2 heterocycles. The average molecular weight is 379 g/mol. The standard InChI is InChI=1S/C21H19ClN4O/c1-23-14-4-5-18-15(10-14)21(16-12-24-8-7-19(16)26-18)25-11-13-3-6-20(27-2)17(22)9-13/h3-6,9-10,24H,7-8,11-12H2,2H3,(H,25,26). The number of fused-ring (bicyclic) bond motifs is 2. The van der Waals surface area contributed by atoms with Crippen LogP contribution in [0.15, 0.2) is 36.4 Å². The number of benzene rings is 2. The minimum atomic E-state index is 0.593. The first-order valence-corrected chi connectivity index (χ1v) is 9.17. The summed E-state index contributed by atoms with van der Waals surface area (Å²) in [6, 6.07) is 11.4. The van der Waals surface area contributed by atoms with Crippen molar-refractivity contribution in [3.8, 4) is 5.75 Å². The number of hydrogen-bond acceptors (Lipinski definition) is 4. The van der Waals surface area contributed by atoms with Gasteiger partial charge in [0, 0.05) is 48.4 Å². The summed E-state index contributed by atoms with van der Waals surface area (Å²) in [5.41, 5.74) is 5.92. The van der Waals surface area contributed by atoms with E-state index < -0.39 is 0 Å². The molecule has 0 unspecified atom stereocenters. The van der Waals surface area contributed by atoms with E-state index in [2.05, 4.69) is 15.5 Å². The number of nitrogens with zero attached hydrogens (tertiary/aromatic N) is 2. The topological polar surface area (TPSA) is 50.5 Å². The van der Waals surface area contributed by atoms with Gasteiger partial charge in [-0.3, -0.25) is 4.98 Å². The van der Waals surface area contributed by atoms with Crippen LogP contribution in [0.25, 0.3) is 15.7 Å². The zero-order valence-corrected chi connectivity index (χ0v) is 15.7. The Morgan fingerprint density at radius 3 is 2.96 bits per heavy atom. The Morgan fingerprint density at radius 2 is 2.19 bits per heavy atom. The van der Waals surface area contributed by atoms with Gasteiger partial charge in [0.15, 0.2) is 5.69 Å². The van der Waals surface area contributed by atoms with Gasteiger partial charge in [-0.2, -0.15) is 0 Å². The molecule has 0 bridgehead atoms. The van der Waals surface area contributed by atoms with Crippen LogP contribution in [-0.4, -0.2) is 18.6 Å². The van der Waals surface area contributed by atoms with E-state index >= 15 is 0 Å². The van der Waals surface area contributed by atoms with Crippen molar-refractivity contribution in [3.63, 3.8) is 0 Å². The first-order valence-electron chi connectivity index (χ1n) is 8.79. The highest BCUT2D eigenvalue weighted by Gasteiger charge is 2.18. The molecule has 1 aliphatic rings. The first-order chi connectivity index (χ1) is 13.2. The summed E-state index contributed by atoms with van der Waals surface area (Å²) < 4.78 is 5.22. The molecule has 6 heteroatoms. The summed E-state index contributed by atoms with van der Waals surface area (Å²) in [6.45, 7) is 9.64. The number of anilines is 1. The normalized spacial score (nSPS) is 13.1. The first kappa shape index (κ1) is 17.6. The number of halogens is 1. The minimum Gasteiger partial charge on any atom is -0.495 e. The van der Waals surface area contributed by atoms with Gasteiger partial charge in [-0.15, -0.1) is 0 Å². The van der Waals surface area contributed by atoms with Crippen molar-refractivity contribution in [1.82, 2.24) is 10.3 Å². The molecule has 5 nitrogen and oxygen atoms in total. The smallest absolute Gasteiger partial charge is 0.188 e. The van der Waals surface area contributed by atoms with Crippen molar-refractivity contribution in [2.45, 2.75) is 19.5 Å². The maximum atomic E-state index is 7.32. The number of hydrogen-bond donors (Lipinski definition) is 2. The number of aromatic nitrogens is 1. The fourth-order valence-corrected chi connectivity index (χ4v) is 3.72. The van der Waals surface area contributed by atoms with Gasteiger partial charge in [0.25, 0.3) is 0 Å². The lowest BCUT2D eigenvalue weighted by Crippen LogP contribution is -2.26. The molecule has 1 aromatic heterocycles. The average Bonchev–Trinajstić information content (AvgIpc) is 2.70. The van der Waals surface area contributed by atoms with E-state index in [1.54, 1.807) is 7.11 Å². The molecule has 0 saturated carbocycles. The van der Waals surface area contributed by atoms with Crippen molar-refractivity contribution >= 4 is 33.9 Å². The van der Waals surface area contributed by atoms with Crippen LogP contribution in [0.4, 0.5) is 11.4 Å². The van der Waals surface area contributed by atoms with Crippen LogP contribution >= 0.6 is 11.6 Å². The number of pyridine rings is 1. The van der Waals surface area contributed by atoms with E-state index in [4.69, 9.17) is 27.9 Å². The third kappa shape index (κ3) is 3.42. The Bertz CT molecular complexity index is 1060. The molecule has 0 fully saturated rings. The summed E-state index contributed by atoms with van der Waals surface area (Å²) in [5, 5.41) is 8.55. The fourth-order valence-electron chi connectivity index (χ4n) is 3.44. The van der Waals surface area contributed by atoms with E-state index in [1.807, 2.05) is 36.4 Å². The van der Waals surface area contributed by atoms with E-state index in [9.17, 15) is 0 Å². The summed E-state index contributed by atoms with van der Waals surface area (Å²) in [6.07, 6.45) is 0.902. The predicted octanol–water partition coefficient (Wildman–Crippen LogP) is 4.71. The molecule has 4 rings (SSSR count). The molecular formula is C21H19ClN4O. The lowest BCUT2D eigenvalue weighted by atomic mass is 10.0. The Balaban J connectivity index is 1.75. The molecule has 2 aromatic carbocycles. The maximum Gasteiger partial charge on any atom is 0.188 e. The molecule has 27 heavy (non-hydrogen) atoms. The Morgan fingerprint density at radius 1 is 1.30 bits per heavy atom. The molecule has 1 aliphatic heterocycles. The third-order valence-corrected chi connectivity index (χ3v) is 5.11. The largest absolute Gasteiger partial charge is 0.495 e. The van der Waals surface area contributed by atoms with Gasteiger partial charge in [-0.1, -0.05) is 23.7 Å². The molecule has 0 saturated heterocycles. The van der Waals surface area contributed by atoms with Crippen molar-refractivity contribution in [2.24, 2.45) is 0 Å². The van der Waals surface area contributed by atoms with Gasteiger partial charge in [-0.25, -0.2) is 4.85 Å². The minimum absolute atomic E-state index is 0.593. The second-order valence-electron chi connectivity index (χ2n) is 6.47. The number of nitrogens with one attached hydrogen (secondary N) is 2. The van der Waals surface area contributed by atoms with Crippen LogP contribution in [0.2, 0.25) is 5.02 Å². The third-order valence-electron chi connectivity index (χ3n) is 4.81. The highest BCUT2D eigenvalue weighted by atomic mass is 35.5. The zero-order valence-electron chi connectivity index (χ0n) is 15.0. The van der Waals surface area contributed by atoms with E-state index in [1.165, 1.54) is 5.56 Å². The number of methoxy groups -OCH3 is 1. The van der Waals surface area contributed by atoms with E-state index in [-0.39, 0.29) is 0 Å². The second kappa shape index (κ2) is 7.43. The molecule has 136 valence electrons. The van der Waals surface area contributed by atoms with Gasteiger partial charge < -0.3 is 15.4 Å². The molecule has 0 radical (unpaired) electrons. The summed E-state index contributed by atoms with van der Waals surface area (Å²) in [4.78, 5) is 8.39. The fraction of sp³-hybridized carbons (Fsp3) is 0.238. The van der Waals surface area contributed by atoms with E-state index in [0.717, 1.165) is 47.4 Å². The van der Waals surface area contributed by atoms with Crippen LogP contribution in [0.3, 0.4) is 0 Å². The van der Waals surface area contributed by atoms with Gasteiger partial charge in [0.1, 0.15) is 5.75 Å². The van der Waals surface area contributed by atoms with Gasteiger partial charge in [-0.05, 0) is 29.8 Å². The lowest BCUT2D eigenvalue weighted by molar-refractivity contribution is 0.415. The highest BCUT2D eigenvalue weighted by Crippen LogP contribution is 2.33. The lowest BCUT2D eigenvalue weighted by Gasteiger charge is -2.22. The van der Waals surface area contributed by atoms with Crippen molar-refractivity contribution in [2.75, 3.05) is 19.0 Å². The van der Waals surface area contributed by atoms with Crippen LogP contribution in [-0.2, 0) is 19.5 Å². The maximum absolute atomic E-state index is 7.32. The van der Waals surface area contributed by atoms with Crippen molar-refractivity contribution in [1.29, 1.82) is 0 Å². The van der Waals surface area contributed by atoms with Crippen LogP contribution < -0.4 is 15.4 Å². The molecule has 2 N–H and O–H groups in total. The van der Waals surface area contributed by atoms with Gasteiger partial charge in [0.2, 0.25) is 0 Å². The summed E-state index contributed by atoms with van der Waals surface area (Å²) in [7, 11) is 1.61. The zero-order chi connectivity index (χ0) is 18.8. The van der Waals surface area contributed by atoms with Crippen LogP contribution in [0.5, 0.6) is 5.75 Å². The molecule has 0 amide bonds.